The van der Waals surface area contributed by atoms with Crippen molar-refractivity contribution in [1.29, 1.82) is 0 Å². The van der Waals surface area contributed by atoms with Crippen LogP contribution in [0.3, 0.4) is 0 Å². The maximum Gasteiger partial charge on any atom is 0.162 e. The Morgan fingerprint density at radius 2 is 1.58 bits per heavy atom. The van der Waals surface area contributed by atoms with Gasteiger partial charge in [-0.15, -0.1) is 0 Å². The van der Waals surface area contributed by atoms with E-state index in [1.807, 2.05) is 13.0 Å². The summed E-state index contributed by atoms with van der Waals surface area (Å²) in [4.78, 5) is 0. The molecular weight excluding hydrogens is 457 g/mol. The van der Waals surface area contributed by atoms with E-state index >= 15 is 0 Å². The zero-order valence-corrected chi connectivity index (χ0v) is 19.7. The van der Waals surface area contributed by atoms with Crippen LogP contribution in [0.2, 0.25) is 0 Å². The molecule has 31 heavy (non-hydrogen) atoms. The normalized spacial score (nSPS) is 28.7. The molecule has 4 saturated carbocycles. The monoisotopic (exact) mass is 487 g/mol. The Labute approximate surface area is 192 Å². The Balaban J connectivity index is 1.27. The molecule has 2 aromatic carbocycles. The summed E-state index contributed by atoms with van der Waals surface area (Å²) in [6.45, 7) is 3.78. The summed E-state index contributed by atoms with van der Waals surface area (Å²) < 4.78 is 26.1. The van der Waals surface area contributed by atoms with Crippen molar-refractivity contribution in [2.45, 2.75) is 58.2 Å². The van der Waals surface area contributed by atoms with Crippen molar-refractivity contribution in [2.75, 3.05) is 6.61 Å². The van der Waals surface area contributed by atoms with Crippen molar-refractivity contribution in [3.05, 3.63) is 57.8 Å². The molecule has 0 unspecified atom stereocenters. The van der Waals surface area contributed by atoms with Gasteiger partial charge in [0.15, 0.2) is 11.5 Å². The van der Waals surface area contributed by atoms with Gasteiger partial charge in [0.2, 0.25) is 0 Å². The fourth-order valence-corrected chi connectivity index (χ4v) is 6.78. The van der Waals surface area contributed by atoms with E-state index in [-0.39, 0.29) is 5.82 Å². The van der Waals surface area contributed by atoms with Crippen LogP contribution in [0.25, 0.3) is 0 Å². The Morgan fingerprint density at radius 3 is 2.23 bits per heavy atom. The fourth-order valence-electron chi connectivity index (χ4n) is 6.32. The fraction of sp³-hybridized carbons (Fsp3) is 0.538. The number of hydrogen-bond acceptors (Lipinski definition) is 3. The minimum Gasteiger partial charge on any atom is -0.490 e. The van der Waals surface area contributed by atoms with Gasteiger partial charge in [-0.3, -0.25) is 0 Å². The van der Waals surface area contributed by atoms with Crippen LogP contribution in [0.4, 0.5) is 4.39 Å². The predicted octanol–water partition coefficient (Wildman–Crippen LogP) is 6.48. The summed E-state index contributed by atoms with van der Waals surface area (Å²) in [5.41, 5.74) is 2.12. The molecule has 4 aliphatic carbocycles. The predicted molar refractivity (Wildman–Crippen MR) is 124 cm³/mol. The Bertz CT molecular complexity index is 888. The lowest BCUT2D eigenvalue weighted by Gasteiger charge is -2.54. The molecule has 4 bridgehead atoms. The standard InChI is InChI=1S/C26H31BrFNO2/c1-2-30-24-12-21(14-29-26-19-8-17-7-18(10-19)11-20(26)9-17)23(27)13-25(24)31-15-16-3-5-22(28)6-4-16/h3-6,12-13,17-20,26,29H,2,7-11,14-15H2,1H3. The highest BCUT2D eigenvalue weighted by atomic mass is 79.9. The number of nitrogens with one attached hydrogen (secondary N) is 1. The van der Waals surface area contributed by atoms with Gasteiger partial charge in [0.1, 0.15) is 12.4 Å². The Hall–Kier alpha value is -1.59. The zero-order valence-electron chi connectivity index (χ0n) is 18.1. The first-order chi connectivity index (χ1) is 15.1. The molecule has 0 aliphatic heterocycles. The summed E-state index contributed by atoms with van der Waals surface area (Å²) in [5.74, 6) is 4.94. The first-order valence-electron chi connectivity index (χ1n) is 11.6. The van der Waals surface area contributed by atoms with Gasteiger partial charge in [-0.25, -0.2) is 4.39 Å². The number of benzene rings is 2. The van der Waals surface area contributed by atoms with E-state index in [1.165, 1.54) is 49.8 Å². The van der Waals surface area contributed by atoms with Crippen LogP contribution in [0.1, 0.15) is 50.2 Å². The molecule has 4 aliphatic rings. The lowest BCUT2D eigenvalue weighted by Crippen LogP contribution is -2.54. The average molecular weight is 488 g/mol. The van der Waals surface area contributed by atoms with Crippen molar-refractivity contribution >= 4 is 15.9 Å². The molecule has 3 nitrogen and oxygen atoms in total. The molecule has 0 spiro atoms. The Kier molecular flexibility index (Phi) is 6.25. The van der Waals surface area contributed by atoms with E-state index in [4.69, 9.17) is 9.47 Å². The maximum atomic E-state index is 13.1. The lowest BCUT2D eigenvalue weighted by molar-refractivity contribution is -0.0142. The number of ether oxygens (including phenoxy) is 2. The second-order valence-corrected chi connectivity index (χ2v) is 10.4. The summed E-state index contributed by atoms with van der Waals surface area (Å²) in [6, 6.07) is 11.2. The second kappa shape index (κ2) is 9.11. The van der Waals surface area contributed by atoms with Gasteiger partial charge in [0.05, 0.1) is 6.61 Å². The molecule has 0 heterocycles. The van der Waals surface area contributed by atoms with Gasteiger partial charge in [0, 0.05) is 17.1 Å². The highest BCUT2D eigenvalue weighted by molar-refractivity contribution is 9.10. The summed E-state index contributed by atoms with van der Waals surface area (Å²) in [7, 11) is 0. The topological polar surface area (TPSA) is 30.5 Å². The minimum absolute atomic E-state index is 0.238. The molecular formula is C26H31BrFNO2. The van der Waals surface area contributed by atoms with Crippen molar-refractivity contribution in [1.82, 2.24) is 5.32 Å². The van der Waals surface area contributed by atoms with Crippen LogP contribution in [0.5, 0.6) is 11.5 Å². The first-order valence-corrected chi connectivity index (χ1v) is 12.4. The first kappa shape index (κ1) is 21.3. The number of hydrogen-bond donors (Lipinski definition) is 1. The zero-order chi connectivity index (χ0) is 21.4. The van der Waals surface area contributed by atoms with Gasteiger partial charge in [-0.2, -0.15) is 0 Å². The molecule has 6 rings (SSSR count). The lowest BCUT2D eigenvalue weighted by atomic mass is 9.54. The smallest absolute Gasteiger partial charge is 0.162 e. The van der Waals surface area contributed by atoms with Crippen LogP contribution in [-0.4, -0.2) is 12.6 Å². The molecule has 4 fully saturated rings. The van der Waals surface area contributed by atoms with Gasteiger partial charge < -0.3 is 14.8 Å². The van der Waals surface area contributed by atoms with Crippen molar-refractivity contribution < 1.29 is 13.9 Å². The average Bonchev–Trinajstić information content (AvgIpc) is 2.75. The van der Waals surface area contributed by atoms with E-state index < -0.39 is 0 Å². The molecule has 5 heteroatoms. The van der Waals surface area contributed by atoms with Gasteiger partial charge in [-0.05, 0) is 98.1 Å². The van der Waals surface area contributed by atoms with E-state index in [1.54, 1.807) is 12.1 Å². The molecule has 0 amide bonds. The highest BCUT2D eigenvalue weighted by Gasteiger charge is 2.47. The molecule has 0 aromatic heterocycles. The van der Waals surface area contributed by atoms with E-state index in [2.05, 4.69) is 27.3 Å². The van der Waals surface area contributed by atoms with Crippen LogP contribution < -0.4 is 14.8 Å². The summed E-state index contributed by atoms with van der Waals surface area (Å²) in [6.07, 6.45) is 7.18. The Morgan fingerprint density at radius 1 is 0.935 bits per heavy atom. The van der Waals surface area contributed by atoms with Crippen LogP contribution in [0, 0.1) is 29.5 Å². The van der Waals surface area contributed by atoms with E-state index in [0.717, 1.165) is 46.0 Å². The molecule has 0 atom stereocenters. The van der Waals surface area contributed by atoms with Crippen molar-refractivity contribution in [3.63, 3.8) is 0 Å². The SMILES string of the molecule is CCOc1cc(CNC2C3CC4CC(C3)CC2C4)c(Br)cc1OCc1ccc(F)cc1. The van der Waals surface area contributed by atoms with Crippen molar-refractivity contribution in [3.8, 4) is 11.5 Å². The second-order valence-electron chi connectivity index (χ2n) is 9.58. The third kappa shape index (κ3) is 4.63. The largest absolute Gasteiger partial charge is 0.490 e. The molecule has 1 N–H and O–H groups in total. The summed E-state index contributed by atoms with van der Waals surface area (Å²) in [5, 5.41) is 3.91. The molecule has 0 saturated heterocycles. The van der Waals surface area contributed by atoms with E-state index in [9.17, 15) is 4.39 Å². The quantitative estimate of drug-likeness (QED) is 0.462. The number of halogens is 2. The van der Waals surface area contributed by atoms with Crippen molar-refractivity contribution in [2.24, 2.45) is 23.7 Å². The van der Waals surface area contributed by atoms with Gasteiger partial charge >= 0.3 is 0 Å². The van der Waals surface area contributed by atoms with Crippen LogP contribution >= 0.6 is 15.9 Å². The third-order valence-corrected chi connectivity index (χ3v) is 8.21. The van der Waals surface area contributed by atoms with E-state index in [0.29, 0.717) is 25.0 Å². The van der Waals surface area contributed by atoms with Gasteiger partial charge in [-0.1, -0.05) is 28.1 Å². The van der Waals surface area contributed by atoms with Crippen LogP contribution in [0.15, 0.2) is 40.9 Å². The van der Waals surface area contributed by atoms with Crippen LogP contribution in [-0.2, 0) is 13.2 Å². The summed E-state index contributed by atoms with van der Waals surface area (Å²) >= 11 is 3.75. The molecule has 166 valence electrons. The number of rotatable bonds is 8. The van der Waals surface area contributed by atoms with Gasteiger partial charge in [0.25, 0.3) is 0 Å². The minimum atomic E-state index is -0.238. The third-order valence-electron chi connectivity index (χ3n) is 7.48. The molecule has 2 aromatic rings. The molecule has 0 radical (unpaired) electrons. The maximum absolute atomic E-state index is 13.1. The highest BCUT2D eigenvalue weighted by Crippen LogP contribution is 2.53.